The lowest BCUT2D eigenvalue weighted by atomic mass is 9.83. The predicted molar refractivity (Wildman–Crippen MR) is 137 cm³/mol. The Morgan fingerprint density at radius 3 is 2.62 bits per heavy atom. The van der Waals surface area contributed by atoms with Crippen LogP contribution >= 0.6 is 11.3 Å². The molecule has 39 heavy (non-hydrogen) atoms. The lowest BCUT2D eigenvalue weighted by Crippen LogP contribution is -2.34. The fraction of sp³-hybridized carbons (Fsp3) is 0.393. The maximum Gasteiger partial charge on any atom is 0.573 e. The van der Waals surface area contributed by atoms with Crippen LogP contribution in [0.4, 0.5) is 18.9 Å². The largest absolute Gasteiger partial charge is 0.573 e. The maximum atomic E-state index is 13.0. The highest BCUT2D eigenvalue weighted by atomic mass is 32.1. The zero-order chi connectivity index (χ0) is 27.2. The van der Waals surface area contributed by atoms with Gasteiger partial charge in [-0.3, -0.25) is 0 Å². The second kappa shape index (κ2) is 9.93. The van der Waals surface area contributed by atoms with Gasteiger partial charge in [-0.2, -0.15) is 0 Å². The third kappa shape index (κ3) is 5.37. The Labute approximate surface area is 226 Å². The molecule has 6 rings (SSSR count). The number of aliphatic hydroxyl groups is 1. The topological polar surface area (TPSA) is 82.0 Å². The average molecular weight is 556 g/mol. The molecule has 2 aliphatic carbocycles. The van der Waals surface area contributed by atoms with Crippen molar-refractivity contribution in [1.82, 2.24) is 10.1 Å². The Morgan fingerprint density at radius 2 is 1.90 bits per heavy atom. The number of alkyl halides is 3. The second-order valence-corrected chi connectivity index (χ2v) is 11.0. The van der Waals surface area contributed by atoms with Crippen molar-refractivity contribution >= 4 is 27.2 Å². The van der Waals surface area contributed by atoms with E-state index >= 15 is 0 Å². The van der Waals surface area contributed by atoms with Crippen molar-refractivity contribution in [3.63, 3.8) is 0 Å². The first-order valence-corrected chi connectivity index (χ1v) is 13.5. The minimum absolute atomic E-state index is 0.134. The van der Waals surface area contributed by atoms with Crippen LogP contribution in [0.2, 0.25) is 0 Å². The van der Waals surface area contributed by atoms with E-state index in [1.807, 2.05) is 0 Å². The van der Waals surface area contributed by atoms with Gasteiger partial charge in [-0.1, -0.05) is 23.4 Å². The van der Waals surface area contributed by atoms with Gasteiger partial charge in [0.1, 0.15) is 27.8 Å². The molecule has 0 unspecified atom stereocenters. The molecule has 7 nitrogen and oxygen atoms in total. The predicted octanol–water partition coefficient (Wildman–Crippen LogP) is 7.63. The molecular formula is C28H24F3N3O4S. The molecule has 2 heterocycles. The first-order chi connectivity index (χ1) is 18.7. The van der Waals surface area contributed by atoms with Crippen LogP contribution in [0.1, 0.15) is 60.8 Å². The summed E-state index contributed by atoms with van der Waals surface area (Å²) in [5.74, 6) is 0.482. The van der Waals surface area contributed by atoms with Crippen molar-refractivity contribution in [2.45, 2.75) is 69.1 Å². The molecule has 2 fully saturated rings. The average Bonchev–Trinajstić information content (AvgIpc) is 3.52. The van der Waals surface area contributed by atoms with Crippen LogP contribution in [0.25, 0.3) is 26.3 Å². The van der Waals surface area contributed by atoms with Gasteiger partial charge in [0.05, 0.1) is 24.8 Å². The molecule has 0 radical (unpaired) electrons. The van der Waals surface area contributed by atoms with Crippen molar-refractivity contribution in [2.75, 3.05) is 0 Å². The number of fused-ring (bicyclic) bond motifs is 1. The smallest absolute Gasteiger partial charge is 0.405 e. The van der Waals surface area contributed by atoms with Gasteiger partial charge in [0.25, 0.3) is 0 Å². The quantitative estimate of drug-likeness (QED) is 0.236. The molecule has 0 spiro atoms. The highest BCUT2D eigenvalue weighted by molar-refractivity contribution is 7.18. The van der Waals surface area contributed by atoms with E-state index in [0.717, 1.165) is 23.1 Å². The summed E-state index contributed by atoms with van der Waals surface area (Å²) in [5.41, 5.74) is 1.34. The van der Waals surface area contributed by atoms with Crippen LogP contribution in [0, 0.1) is 6.57 Å². The molecule has 0 aliphatic heterocycles. The summed E-state index contributed by atoms with van der Waals surface area (Å²) in [6.45, 7) is 7.34. The van der Waals surface area contributed by atoms with Crippen LogP contribution in [0.15, 0.2) is 47.0 Å². The van der Waals surface area contributed by atoms with E-state index in [1.54, 1.807) is 24.3 Å². The number of hydrogen-bond acceptors (Lipinski definition) is 7. The summed E-state index contributed by atoms with van der Waals surface area (Å²) in [7, 11) is 0. The standard InChI is InChI=1S/C28H24F3N3O4S/c1-32-17-8-9-21-23(14-17)39-26(33-21)27(35)12-10-18(11-13-27)36-15-20-24(34-38-25(20)16-6-7-16)19-4-2-3-5-22(19)37-28(29,30)31/h2-5,8-9,14,16,18,35H,6-7,10-13,15H2. The number of halogens is 3. The van der Waals surface area contributed by atoms with Gasteiger partial charge < -0.3 is 19.1 Å². The minimum atomic E-state index is -4.84. The fourth-order valence-electron chi connectivity index (χ4n) is 5.05. The number of rotatable bonds is 7. The molecule has 0 saturated heterocycles. The van der Waals surface area contributed by atoms with Gasteiger partial charge in [-0.25, -0.2) is 9.83 Å². The van der Waals surface area contributed by atoms with E-state index in [-0.39, 0.29) is 35.6 Å². The molecule has 2 aromatic heterocycles. The molecule has 4 aromatic rings. The van der Waals surface area contributed by atoms with Crippen LogP contribution in [0.5, 0.6) is 5.75 Å². The lowest BCUT2D eigenvalue weighted by molar-refractivity contribution is -0.274. The third-order valence-corrected chi connectivity index (χ3v) is 8.47. The van der Waals surface area contributed by atoms with Crippen LogP contribution in [-0.4, -0.2) is 27.7 Å². The Bertz CT molecular complexity index is 1550. The highest BCUT2D eigenvalue weighted by Gasteiger charge is 2.39. The van der Waals surface area contributed by atoms with Crippen LogP contribution in [0.3, 0.4) is 0 Å². The molecular weight excluding hydrogens is 531 g/mol. The van der Waals surface area contributed by atoms with Gasteiger partial charge in [-0.05, 0) is 62.8 Å². The Balaban J connectivity index is 1.17. The van der Waals surface area contributed by atoms with E-state index in [2.05, 4.69) is 19.7 Å². The third-order valence-electron chi connectivity index (χ3n) is 7.26. The summed E-state index contributed by atoms with van der Waals surface area (Å²) >= 11 is 1.40. The SMILES string of the molecule is [C-]#[N+]c1ccc2nc(C3(O)CCC(OCc4c(-c5ccccc5OC(F)(F)F)noc4C4CC4)CC3)sc2c1. The van der Waals surface area contributed by atoms with Crippen LogP contribution in [-0.2, 0) is 16.9 Å². The molecule has 0 atom stereocenters. The summed E-state index contributed by atoms with van der Waals surface area (Å²) < 4.78 is 56.0. The van der Waals surface area contributed by atoms with Gasteiger partial charge in [0, 0.05) is 21.7 Å². The summed E-state index contributed by atoms with van der Waals surface area (Å²) in [5, 5.41) is 16.1. The molecule has 0 bridgehead atoms. The van der Waals surface area contributed by atoms with Crippen molar-refractivity contribution in [1.29, 1.82) is 0 Å². The summed E-state index contributed by atoms with van der Waals surface area (Å²) in [6, 6.07) is 11.2. The highest BCUT2D eigenvalue weighted by Crippen LogP contribution is 2.46. The molecule has 11 heteroatoms. The number of thiazole rings is 1. The van der Waals surface area contributed by atoms with E-state index in [0.29, 0.717) is 47.7 Å². The van der Waals surface area contributed by atoms with Crippen molar-refractivity contribution in [3.8, 4) is 17.0 Å². The lowest BCUT2D eigenvalue weighted by Gasteiger charge is -2.34. The zero-order valence-corrected chi connectivity index (χ0v) is 21.5. The summed E-state index contributed by atoms with van der Waals surface area (Å²) in [6.07, 6.45) is -1.03. The van der Waals surface area contributed by atoms with E-state index in [4.69, 9.17) is 15.8 Å². The number of para-hydroxylation sites is 1. The number of benzene rings is 2. The molecule has 2 aliphatic rings. The number of nitrogens with zero attached hydrogens (tertiary/aromatic N) is 3. The van der Waals surface area contributed by atoms with Gasteiger partial charge in [0.15, 0.2) is 5.69 Å². The summed E-state index contributed by atoms with van der Waals surface area (Å²) in [4.78, 5) is 8.08. The fourth-order valence-corrected chi connectivity index (χ4v) is 6.19. The number of aromatic nitrogens is 2. The molecule has 2 aromatic carbocycles. The maximum absolute atomic E-state index is 13.0. The second-order valence-electron chi connectivity index (χ2n) is 10.0. The van der Waals surface area contributed by atoms with E-state index in [9.17, 15) is 18.3 Å². The first kappa shape index (κ1) is 25.8. The zero-order valence-electron chi connectivity index (χ0n) is 20.7. The monoisotopic (exact) mass is 555 g/mol. The molecule has 0 amide bonds. The molecule has 2 saturated carbocycles. The first-order valence-electron chi connectivity index (χ1n) is 12.7. The minimum Gasteiger partial charge on any atom is -0.405 e. The Kier molecular flexibility index (Phi) is 6.57. The van der Waals surface area contributed by atoms with Crippen LogP contribution < -0.4 is 4.74 Å². The Morgan fingerprint density at radius 1 is 1.13 bits per heavy atom. The van der Waals surface area contributed by atoms with Gasteiger partial charge >= 0.3 is 6.36 Å². The van der Waals surface area contributed by atoms with E-state index < -0.39 is 12.0 Å². The molecule has 1 N–H and O–H groups in total. The van der Waals surface area contributed by atoms with Crippen molar-refractivity contribution in [3.05, 3.63) is 70.2 Å². The van der Waals surface area contributed by atoms with Gasteiger partial charge in [0.2, 0.25) is 0 Å². The number of ether oxygens (including phenoxy) is 2. The van der Waals surface area contributed by atoms with E-state index in [1.165, 1.54) is 29.5 Å². The molecule has 202 valence electrons. The number of hydrogen-bond donors (Lipinski definition) is 1. The van der Waals surface area contributed by atoms with Crippen molar-refractivity contribution < 1.29 is 32.3 Å². The normalized spacial score (nSPS) is 21.7. The van der Waals surface area contributed by atoms with Crippen molar-refractivity contribution in [2.24, 2.45) is 0 Å². The Hall–Kier alpha value is -3.46. The van der Waals surface area contributed by atoms with Gasteiger partial charge in [-0.15, -0.1) is 24.5 Å².